The minimum atomic E-state index is -0.0117. The molecule has 5 heteroatoms. The molecule has 3 nitrogen and oxygen atoms in total. The van der Waals surface area contributed by atoms with Crippen LogP contribution in [0, 0.1) is 5.92 Å². The lowest BCUT2D eigenvalue weighted by Gasteiger charge is -2.26. The largest absolute Gasteiger partial charge is 0.336 e. The van der Waals surface area contributed by atoms with Gasteiger partial charge in [-0.2, -0.15) is 0 Å². The second-order valence-corrected chi connectivity index (χ2v) is 5.48. The molecular formula is C11H15ClN2OS. The average Bonchev–Trinajstić information content (AvgIpc) is 3.01. The Hall–Kier alpha value is -0.580. The molecule has 0 aromatic carbocycles. The molecule has 1 amide bonds. The van der Waals surface area contributed by atoms with E-state index in [-0.39, 0.29) is 11.9 Å². The highest BCUT2D eigenvalue weighted by Gasteiger charge is 2.35. The highest BCUT2D eigenvalue weighted by atomic mass is 35.5. The SMILES string of the molecule is CN(C(=O)c1sccc1Cl)C(CN)C1CC1. The summed E-state index contributed by atoms with van der Waals surface area (Å²) in [6.07, 6.45) is 2.36. The van der Waals surface area contributed by atoms with Crippen molar-refractivity contribution in [3.63, 3.8) is 0 Å². The van der Waals surface area contributed by atoms with Gasteiger partial charge in [0.25, 0.3) is 5.91 Å². The van der Waals surface area contributed by atoms with Gasteiger partial charge in [0.15, 0.2) is 0 Å². The third kappa shape index (κ3) is 2.24. The number of rotatable bonds is 4. The van der Waals surface area contributed by atoms with E-state index in [1.807, 2.05) is 12.4 Å². The topological polar surface area (TPSA) is 46.3 Å². The van der Waals surface area contributed by atoms with Crippen molar-refractivity contribution in [2.75, 3.05) is 13.6 Å². The molecule has 2 rings (SSSR count). The highest BCUT2D eigenvalue weighted by Crippen LogP contribution is 2.35. The second-order valence-electron chi connectivity index (χ2n) is 4.15. The van der Waals surface area contributed by atoms with Crippen molar-refractivity contribution in [1.29, 1.82) is 0 Å². The summed E-state index contributed by atoms with van der Waals surface area (Å²) in [5.74, 6) is 0.569. The van der Waals surface area contributed by atoms with Crippen LogP contribution in [0.5, 0.6) is 0 Å². The molecule has 0 radical (unpaired) electrons. The average molecular weight is 259 g/mol. The van der Waals surface area contributed by atoms with Gasteiger partial charge in [0.05, 0.1) is 5.02 Å². The van der Waals surface area contributed by atoms with E-state index in [0.29, 0.717) is 22.4 Å². The predicted octanol–water partition coefficient (Wildman–Crippen LogP) is 2.21. The van der Waals surface area contributed by atoms with Crippen molar-refractivity contribution in [2.24, 2.45) is 11.7 Å². The van der Waals surface area contributed by atoms with Crippen LogP contribution >= 0.6 is 22.9 Å². The number of carbonyl (C=O) groups excluding carboxylic acids is 1. The Labute approximate surface area is 104 Å². The van der Waals surface area contributed by atoms with E-state index in [0.717, 1.165) is 0 Å². The molecule has 1 aromatic heterocycles. The zero-order valence-corrected chi connectivity index (χ0v) is 10.7. The maximum atomic E-state index is 12.2. The van der Waals surface area contributed by atoms with E-state index in [2.05, 4.69) is 0 Å². The van der Waals surface area contributed by atoms with E-state index in [9.17, 15) is 4.79 Å². The number of hydrogen-bond acceptors (Lipinski definition) is 3. The number of likely N-dealkylation sites (N-methyl/N-ethyl adjacent to an activating group) is 1. The first-order chi connectivity index (χ1) is 7.65. The van der Waals surface area contributed by atoms with Crippen molar-refractivity contribution in [3.8, 4) is 0 Å². The normalized spacial score (nSPS) is 17.2. The summed E-state index contributed by atoms with van der Waals surface area (Å²) in [5, 5.41) is 2.37. The van der Waals surface area contributed by atoms with E-state index in [4.69, 9.17) is 17.3 Å². The van der Waals surface area contributed by atoms with E-state index < -0.39 is 0 Å². The summed E-state index contributed by atoms with van der Waals surface area (Å²) >= 11 is 7.34. The zero-order chi connectivity index (χ0) is 11.7. The summed E-state index contributed by atoms with van der Waals surface area (Å²) in [4.78, 5) is 14.5. The first-order valence-electron chi connectivity index (χ1n) is 5.35. The first kappa shape index (κ1) is 11.9. The Balaban J connectivity index is 2.11. The lowest BCUT2D eigenvalue weighted by molar-refractivity contribution is 0.0724. The third-order valence-corrected chi connectivity index (χ3v) is 4.37. The fourth-order valence-corrected chi connectivity index (χ4v) is 3.02. The number of nitrogens with zero attached hydrogens (tertiary/aromatic N) is 1. The maximum absolute atomic E-state index is 12.2. The third-order valence-electron chi connectivity index (χ3n) is 3.04. The summed E-state index contributed by atoms with van der Waals surface area (Å²) in [6, 6.07) is 1.91. The number of hydrogen-bond donors (Lipinski definition) is 1. The Morgan fingerprint density at radius 1 is 1.75 bits per heavy atom. The molecular weight excluding hydrogens is 244 g/mol. The van der Waals surface area contributed by atoms with Crippen LogP contribution in [0.3, 0.4) is 0 Å². The second kappa shape index (κ2) is 4.73. The Morgan fingerprint density at radius 3 is 2.88 bits per heavy atom. The van der Waals surface area contributed by atoms with Crippen LogP contribution in [-0.4, -0.2) is 30.4 Å². The monoisotopic (exact) mass is 258 g/mol. The zero-order valence-electron chi connectivity index (χ0n) is 9.15. The summed E-state index contributed by atoms with van der Waals surface area (Å²) < 4.78 is 0. The molecule has 0 saturated heterocycles. The molecule has 1 aromatic rings. The summed E-state index contributed by atoms with van der Waals surface area (Å²) in [5.41, 5.74) is 5.72. The van der Waals surface area contributed by atoms with E-state index >= 15 is 0 Å². The Kier molecular flexibility index (Phi) is 3.52. The molecule has 1 aliphatic rings. The van der Waals surface area contributed by atoms with Crippen molar-refractivity contribution in [1.82, 2.24) is 4.90 Å². The van der Waals surface area contributed by atoms with Gasteiger partial charge in [-0.3, -0.25) is 4.79 Å². The van der Waals surface area contributed by atoms with Crippen molar-refractivity contribution < 1.29 is 4.79 Å². The van der Waals surface area contributed by atoms with Gasteiger partial charge < -0.3 is 10.6 Å². The molecule has 2 N–H and O–H groups in total. The van der Waals surface area contributed by atoms with Crippen LogP contribution in [0.15, 0.2) is 11.4 Å². The molecule has 88 valence electrons. The van der Waals surface area contributed by atoms with Gasteiger partial charge in [0.2, 0.25) is 0 Å². The number of nitrogens with two attached hydrogens (primary N) is 1. The molecule has 1 fully saturated rings. The Bertz CT molecular complexity index is 389. The van der Waals surface area contributed by atoms with Gasteiger partial charge in [0.1, 0.15) is 4.88 Å². The maximum Gasteiger partial charge on any atom is 0.265 e. The van der Waals surface area contributed by atoms with Gasteiger partial charge >= 0.3 is 0 Å². The fraction of sp³-hybridized carbons (Fsp3) is 0.545. The van der Waals surface area contributed by atoms with Crippen molar-refractivity contribution >= 4 is 28.8 Å². The number of amides is 1. The lowest BCUT2D eigenvalue weighted by atomic mass is 10.1. The standard InChI is InChI=1S/C11H15ClN2OS/c1-14(9(6-13)7-2-3-7)11(15)10-8(12)4-5-16-10/h4-5,7,9H,2-3,6,13H2,1H3. The van der Waals surface area contributed by atoms with Crippen molar-refractivity contribution in [2.45, 2.75) is 18.9 Å². The lowest BCUT2D eigenvalue weighted by Crippen LogP contribution is -2.43. The van der Waals surface area contributed by atoms with E-state index in [1.165, 1.54) is 24.2 Å². The molecule has 1 heterocycles. The number of thiophene rings is 1. The summed E-state index contributed by atoms with van der Waals surface area (Å²) in [6.45, 7) is 0.524. The van der Waals surface area contributed by atoms with Gasteiger partial charge in [-0.05, 0) is 30.2 Å². The van der Waals surface area contributed by atoms with Crippen LogP contribution in [0.2, 0.25) is 5.02 Å². The number of carbonyl (C=O) groups is 1. The van der Waals surface area contributed by atoms with Crippen LogP contribution in [0.4, 0.5) is 0 Å². The quantitative estimate of drug-likeness (QED) is 0.900. The molecule has 0 spiro atoms. The smallest absolute Gasteiger partial charge is 0.265 e. The number of halogens is 1. The van der Waals surface area contributed by atoms with Gasteiger partial charge in [-0.25, -0.2) is 0 Å². The predicted molar refractivity (Wildman–Crippen MR) is 67.0 cm³/mol. The van der Waals surface area contributed by atoms with Crippen LogP contribution in [0.25, 0.3) is 0 Å². The van der Waals surface area contributed by atoms with Crippen LogP contribution in [-0.2, 0) is 0 Å². The van der Waals surface area contributed by atoms with Crippen LogP contribution in [0.1, 0.15) is 22.5 Å². The van der Waals surface area contributed by atoms with Crippen LogP contribution < -0.4 is 5.73 Å². The molecule has 0 aliphatic heterocycles. The molecule has 0 bridgehead atoms. The van der Waals surface area contributed by atoms with E-state index in [1.54, 1.807) is 11.0 Å². The van der Waals surface area contributed by atoms with Gasteiger partial charge in [-0.1, -0.05) is 11.6 Å². The molecule has 1 unspecified atom stereocenters. The Morgan fingerprint density at radius 2 is 2.44 bits per heavy atom. The molecule has 1 aliphatic carbocycles. The molecule has 1 saturated carbocycles. The first-order valence-corrected chi connectivity index (χ1v) is 6.61. The van der Waals surface area contributed by atoms with Crippen molar-refractivity contribution in [3.05, 3.63) is 21.3 Å². The highest BCUT2D eigenvalue weighted by molar-refractivity contribution is 7.12. The fourth-order valence-electron chi connectivity index (χ4n) is 1.90. The minimum absolute atomic E-state index is 0.0117. The minimum Gasteiger partial charge on any atom is -0.336 e. The summed E-state index contributed by atoms with van der Waals surface area (Å²) in [7, 11) is 1.81. The van der Waals surface area contributed by atoms with Gasteiger partial charge in [-0.15, -0.1) is 11.3 Å². The molecule has 1 atom stereocenters. The molecule has 16 heavy (non-hydrogen) atoms. The van der Waals surface area contributed by atoms with Gasteiger partial charge in [0, 0.05) is 19.6 Å².